The SMILES string of the molecule is CC/C=C\C/C=C\C/C=C\C/C=C\C/C=C\C/C=C\CCC(=O)NCCc1ccc(Cl)cc1Cl. The molecule has 0 aliphatic rings. The van der Waals surface area contributed by atoms with Crippen LogP contribution < -0.4 is 5.32 Å². The summed E-state index contributed by atoms with van der Waals surface area (Å²) >= 11 is 12.0. The Morgan fingerprint density at radius 1 is 0.765 bits per heavy atom. The molecule has 0 aliphatic carbocycles. The smallest absolute Gasteiger partial charge is 0.220 e. The number of halogens is 2. The zero-order valence-electron chi connectivity index (χ0n) is 20.4. The maximum atomic E-state index is 11.9. The molecule has 1 aromatic rings. The van der Waals surface area contributed by atoms with E-state index in [9.17, 15) is 4.79 Å². The number of allylic oxidation sites excluding steroid dienone is 12. The van der Waals surface area contributed by atoms with E-state index in [2.05, 4.69) is 85.2 Å². The van der Waals surface area contributed by atoms with Crippen molar-refractivity contribution < 1.29 is 4.79 Å². The molecule has 184 valence electrons. The Kier molecular flexibility index (Phi) is 18.6. The lowest BCUT2D eigenvalue weighted by atomic mass is 10.1. The van der Waals surface area contributed by atoms with Crippen LogP contribution in [-0.4, -0.2) is 12.5 Å². The molecule has 34 heavy (non-hydrogen) atoms. The monoisotopic (exact) mass is 499 g/mol. The van der Waals surface area contributed by atoms with Gasteiger partial charge in [-0.05, 0) is 69.1 Å². The standard InChI is InChI=1S/C30H39Cl2NO/c1-2-3-4-5-6-7-8-9-10-11-12-13-14-15-16-17-18-19-20-21-30(34)33-25-24-27-22-23-28(31)26-29(27)32/h3-4,6-7,9-10,12-13,15-16,18-19,22-23,26H,2,5,8,11,14,17,20-21,24-25H2,1H3,(H,33,34)/b4-3-,7-6-,10-9-,13-12-,16-15-,19-18-. The molecule has 1 N–H and O–H groups in total. The summed E-state index contributed by atoms with van der Waals surface area (Å²) in [6.45, 7) is 2.73. The number of carbonyl (C=O) groups excluding carboxylic acids is 1. The molecule has 0 unspecified atom stereocenters. The molecule has 2 nitrogen and oxygen atoms in total. The fourth-order valence-electron chi connectivity index (χ4n) is 3.00. The van der Waals surface area contributed by atoms with E-state index in [1.54, 1.807) is 6.07 Å². The van der Waals surface area contributed by atoms with Gasteiger partial charge in [0.2, 0.25) is 5.91 Å². The van der Waals surface area contributed by atoms with Gasteiger partial charge in [-0.3, -0.25) is 4.79 Å². The molecule has 0 atom stereocenters. The second-order valence-corrected chi connectivity index (χ2v) is 8.63. The van der Waals surface area contributed by atoms with Crippen molar-refractivity contribution in [2.75, 3.05) is 6.54 Å². The first-order valence-electron chi connectivity index (χ1n) is 12.2. The fourth-order valence-corrected chi connectivity index (χ4v) is 3.51. The van der Waals surface area contributed by atoms with Gasteiger partial charge in [0.1, 0.15) is 0 Å². The minimum absolute atomic E-state index is 0.0598. The summed E-state index contributed by atoms with van der Waals surface area (Å²) in [4.78, 5) is 11.9. The Hall–Kier alpha value is -2.29. The van der Waals surface area contributed by atoms with E-state index in [1.807, 2.05) is 12.1 Å². The molecule has 0 aliphatic heterocycles. The Labute approximate surface area is 216 Å². The second kappa shape index (κ2) is 21.3. The average molecular weight is 501 g/mol. The first-order chi connectivity index (χ1) is 16.6. The van der Waals surface area contributed by atoms with Crippen LogP contribution in [0, 0.1) is 0 Å². The third-order valence-electron chi connectivity index (χ3n) is 4.87. The van der Waals surface area contributed by atoms with Crippen LogP contribution in [0.2, 0.25) is 10.0 Å². The highest BCUT2D eigenvalue weighted by atomic mass is 35.5. The molecule has 1 amide bonds. The van der Waals surface area contributed by atoms with E-state index < -0.39 is 0 Å². The van der Waals surface area contributed by atoms with Crippen molar-refractivity contribution in [2.24, 2.45) is 0 Å². The van der Waals surface area contributed by atoms with Gasteiger partial charge in [0.15, 0.2) is 0 Å². The molecule has 0 saturated carbocycles. The van der Waals surface area contributed by atoms with E-state index in [1.165, 1.54) is 0 Å². The molecule has 0 radical (unpaired) electrons. The van der Waals surface area contributed by atoms with Crippen molar-refractivity contribution in [2.45, 2.75) is 64.7 Å². The summed E-state index contributed by atoms with van der Waals surface area (Å²) in [5, 5.41) is 4.19. The quantitative estimate of drug-likeness (QED) is 0.212. The normalized spacial score (nSPS) is 12.6. The molecule has 0 spiro atoms. The zero-order chi connectivity index (χ0) is 24.7. The molecule has 0 aromatic heterocycles. The first kappa shape index (κ1) is 29.7. The van der Waals surface area contributed by atoms with E-state index in [-0.39, 0.29) is 5.91 Å². The molecule has 4 heteroatoms. The maximum absolute atomic E-state index is 11.9. The third kappa shape index (κ3) is 17.2. The highest BCUT2D eigenvalue weighted by Crippen LogP contribution is 2.21. The van der Waals surface area contributed by atoms with Crippen molar-refractivity contribution in [1.82, 2.24) is 5.32 Å². The van der Waals surface area contributed by atoms with Gasteiger partial charge in [-0.1, -0.05) is 109 Å². The number of nitrogens with one attached hydrogen (secondary N) is 1. The summed E-state index contributed by atoms with van der Waals surface area (Å²) in [6.07, 6.45) is 34.0. The van der Waals surface area contributed by atoms with Gasteiger partial charge in [-0.15, -0.1) is 0 Å². The minimum atomic E-state index is 0.0598. The van der Waals surface area contributed by atoms with E-state index in [4.69, 9.17) is 23.2 Å². The Bertz CT molecular complexity index is 863. The topological polar surface area (TPSA) is 29.1 Å². The van der Waals surface area contributed by atoms with Crippen LogP contribution in [0.25, 0.3) is 0 Å². The van der Waals surface area contributed by atoms with Crippen molar-refractivity contribution in [3.05, 3.63) is 107 Å². The summed E-state index contributed by atoms with van der Waals surface area (Å²) in [7, 11) is 0. The molecular formula is C30H39Cl2NO. The van der Waals surface area contributed by atoms with E-state index in [0.29, 0.717) is 29.4 Å². The largest absolute Gasteiger partial charge is 0.356 e. The van der Waals surface area contributed by atoms with Crippen LogP contribution in [0.5, 0.6) is 0 Å². The van der Waals surface area contributed by atoms with Crippen LogP contribution in [0.4, 0.5) is 0 Å². The lowest BCUT2D eigenvalue weighted by Crippen LogP contribution is -2.25. The number of rotatable bonds is 17. The molecule has 1 rings (SSSR count). The average Bonchev–Trinajstić information content (AvgIpc) is 2.82. The first-order valence-corrected chi connectivity index (χ1v) is 13.0. The van der Waals surface area contributed by atoms with Crippen LogP contribution in [0.15, 0.2) is 91.1 Å². The van der Waals surface area contributed by atoms with Crippen LogP contribution >= 0.6 is 23.2 Å². The van der Waals surface area contributed by atoms with Crippen LogP contribution in [0.3, 0.4) is 0 Å². The summed E-state index contributed by atoms with van der Waals surface area (Å²) < 4.78 is 0. The third-order valence-corrected chi connectivity index (χ3v) is 5.45. The Morgan fingerprint density at radius 2 is 1.26 bits per heavy atom. The highest BCUT2D eigenvalue weighted by Gasteiger charge is 2.03. The van der Waals surface area contributed by atoms with E-state index >= 15 is 0 Å². The van der Waals surface area contributed by atoms with Crippen LogP contribution in [-0.2, 0) is 11.2 Å². The van der Waals surface area contributed by atoms with Gasteiger partial charge in [0, 0.05) is 23.0 Å². The molecule has 0 fully saturated rings. The number of carbonyl (C=O) groups is 1. The van der Waals surface area contributed by atoms with Gasteiger partial charge in [-0.25, -0.2) is 0 Å². The number of hydrogen-bond donors (Lipinski definition) is 1. The van der Waals surface area contributed by atoms with Crippen LogP contribution in [0.1, 0.15) is 63.9 Å². The second-order valence-electron chi connectivity index (χ2n) is 7.79. The summed E-state index contributed by atoms with van der Waals surface area (Å²) in [6, 6.07) is 5.43. The zero-order valence-corrected chi connectivity index (χ0v) is 21.9. The lowest BCUT2D eigenvalue weighted by molar-refractivity contribution is -0.120. The summed E-state index contributed by atoms with van der Waals surface area (Å²) in [5.41, 5.74) is 0.989. The molecular weight excluding hydrogens is 461 g/mol. The van der Waals surface area contributed by atoms with Gasteiger partial charge < -0.3 is 5.32 Å². The molecule has 0 heterocycles. The molecule has 1 aromatic carbocycles. The van der Waals surface area contributed by atoms with Crippen molar-refractivity contribution in [1.29, 1.82) is 0 Å². The van der Waals surface area contributed by atoms with Gasteiger partial charge >= 0.3 is 0 Å². The Morgan fingerprint density at radius 3 is 1.76 bits per heavy atom. The fraction of sp³-hybridized carbons (Fsp3) is 0.367. The number of benzene rings is 1. The predicted molar refractivity (Wildman–Crippen MR) is 151 cm³/mol. The van der Waals surface area contributed by atoms with Gasteiger partial charge in [0.25, 0.3) is 0 Å². The lowest BCUT2D eigenvalue weighted by Gasteiger charge is -2.06. The summed E-state index contributed by atoms with van der Waals surface area (Å²) in [5.74, 6) is 0.0598. The van der Waals surface area contributed by atoms with Crippen molar-refractivity contribution in [3.8, 4) is 0 Å². The number of hydrogen-bond acceptors (Lipinski definition) is 1. The van der Waals surface area contributed by atoms with Gasteiger partial charge in [-0.2, -0.15) is 0 Å². The Balaban J connectivity index is 2.00. The minimum Gasteiger partial charge on any atom is -0.356 e. The highest BCUT2D eigenvalue weighted by molar-refractivity contribution is 6.35. The predicted octanol–water partition coefficient (Wildman–Crippen LogP) is 9.13. The maximum Gasteiger partial charge on any atom is 0.220 e. The van der Waals surface area contributed by atoms with Crippen molar-refractivity contribution in [3.63, 3.8) is 0 Å². The molecule has 0 bridgehead atoms. The van der Waals surface area contributed by atoms with Gasteiger partial charge in [0.05, 0.1) is 0 Å². The molecule has 0 saturated heterocycles. The van der Waals surface area contributed by atoms with E-state index in [0.717, 1.165) is 50.5 Å². The van der Waals surface area contributed by atoms with Crippen molar-refractivity contribution >= 4 is 29.1 Å². The number of amides is 1.